The third kappa shape index (κ3) is 3.77. The van der Waals surface area contributed by atoms with Crippen LogP contribution < -0.4 is 4.74 Å². The second-order valence-electron chi connectivity index (χ2n) is 4.23. The summed E-state index contributed by atoms with van der Waals surface area (Å²) in [7, 11) is 1.60. The molecule has 0 spiro atoms. The molecule has 0 radical (unpaired) electrons. The smallest absolute Gasteiger partial charge is 0.126 e. The normalized spacial score (nSPS) is 12.2. The van der Waals surface area contributed by atoms with Gasteiger partial charge in [0.2, 0.25) is 0 Å². The Balaban J connectivity index is 2.17. The molecule has 2 aromatic carbocycles. The zero-order chi connectivity index (χ0) is 13.8. The van der Waals surface area contributed by atoms with Crippen molar-refractivity contribution in [3.63, 3.8) is 0 Å². The van der Waals surface area contributed by atoms with E-state index in [4.69, 9.17) is 4.74 Å². The standard InChI is InChI=1S/C15H13BrF2O/c1-19-14-4-2-3-10(5-14)6-15(16)11-7-12(17)9-13(18)8-11/h2-5,7-9,15H,6H2,1H3. The van der Waals surface area contributed by atoms with Crippen LogP contribution in [-0.4, -0.2) is 7.11 Å². The van der Waals surface area contributed by atoms with E-state index in [9.17, 15) is 8.78 Å². The van der Waals surface area contributed by atoms with Crippen LogP contribution in [-0.2, 0) is 6.42 Å². The van der Waals surface area contributed by atoms with Gasteiger partial charge in [0.1, 0.15) is 17.4 Å². The second kappa shape index (κ2) is 6.15. The highest BCUT2D eigenvalue weighted by Gasteiger charge is 2.11. The first-order chi connectivity index (χ1) is 9.08. The van der Waals surface area contributed by atoms with Crippen molar-refractivity contribution in [3.8, 4) is 5.75 Å². The summed E-state index contributed by atoms with van der Waals surface area (Å²) in [5, 5.41) is 0. The zero-order valence-electron chi connectivity index (χ0n) is 10.4. The number of benzene rings is 2. The van der Waals surface area contributed by atoms with Gasteiger partial charge in [0.05, 0.1) is 7.11 Å². The fourth-order valence-electron chi connectivity index (χ4n) is 1.88. The fourth-order valence-corrected chi connectivity index (χ4v) is 2.52. The third-order valence-electron chi connectivity index (χ3n) is 2.80. The number of methoxy groups -OCH3 is 1. The van der Waals surface area contributed by atoms with Crippen LogP contribution in [0.5, 0.6) is 5.75 Å². The lowest BCUT2D eigenvalue weighted by Gasteiger charge is -2.11. The van der Waals surface area contributed by atoms with Crippen LogP contribution in [0.15, 0.2) is 42.5 Å². The van der Waals surface area contributed by atoms with E-state index in [1.165, 1.54) is 12.1 Å². The molecule has 1 unspecified atom stereocenters. The van der Waals surface area contributed by atoms with E-state index in [2.05, 4.69) is 15.9 Å². The van der Waals surface area contributed by atoms with Crippen molar-refractivity contribution < 1.29 is 13.5 Å². The molecule has 100 valence electrons. The summed E-state index contributed by atoms with van der Waals surface area (Å²) in [4.78, 5) is -0.148. The van der Waals surface area contributed by atoms with Gasteiger partial charge >= 0.3 is 0 Å². The third-order valence-corrected chi connectivity index (χ3v) is 3.65. The molecule has 0 amide bonds. The molecule has 1 atom stereocenters. The molecule has 19 heavy (non-hydrogen) atoms. The molecule has 0 aliphatic rings. The molecule has 0 saturated carbocycles. The van der Waals surface area contributed by atoms with E-state index in [0.29, 0.717) is 12.0 Å². The Labute approximate surface area is 119 Å². The quantitative estimate of drug-likeness (QED) is 0.743. The van der Waals surface area contributed by atoms with Crippen LogP contribution in [0.4, 0.5) is 8.78 Å². The van der Waals surface area contributed by atoms with E-state index in [1.54, 1.807) is 7.11 Å². The molecule has 2 rings (SSSR count). The number of rotatable bonds is 4. The summed E-state index contributed by atoms with van der Waals surface area (Å²) >= 11 is 3.46. The van der Waals surface area contributed by atoms with Gasteiger partial charge in [-0.3, -0.25) is 0 Å². The minimum atomic E-state index is -0.565. The van der Waals surface area contributed by atoms with Gasteiger partial charge in [0.25, 0.3) is 0 Å². The molecule has 0 saturated heterocycles. The average molecular weight is 327 g/mol. The van der Waals surface area contributed by atoms with Crippen molar-refractivity contribution >= 4 is 15.9 Å². The molecule has 0 aromatic heterocycles. The highest BCUT2D eigenvalue weighted by atomic mass is 79.9. The number of halogens is 3. The molecular formula is C15H13BrF2O. The van der Waals surface area contributed by atoms with E-state index in [0.717, 1.165) is 17.4 Å². The molecule has 0 aliphatic heterocycles. The molecular weight excluding hydrogens is 314 g/mol. The van der Waals surface area contributed by atoms with Gasteiger partial charge < -0.3 is 4.74 Å². The van der Waals surface area contributed by atoms with Crippen molar-refractivity contribution in [2.45, 2.75) is 11.2 Å². The van der Waals surface area contributed by atoms with Crippen LogP contribution >= 0.6 is 15.9 Å². The summed E-state index contributed by atoms with van der Waals surface area (Å²) in [6.07, 6.45) is 0.625. The molecule has 4 heteroatoms. The Morgan fingerprint density at radius 1 is 1.11 bits per heavy atom. The lowest BCUT2D eigenvalue weighted by atomic mass is 10.0. The molecule has 1 nitrogen and oxygen atoms in total. The predicted molar refractivity (Wildman–Crippen MR) is 74.7 cm³/mol. The lowest BCUT2D eigenvalue weighted by molar-refractivity contribution is 0.414. The van der Waals surface area contributed by atoms with Crippen molar-refractivity contribution in [2.24, 2.45) is 0 Å². The second-order valence-corrected chi connectivity index (χ2v) is 5.33. The Hall–Kier alpha value is -1.42. The van der Waals surface area contributed by atoms with E-state index in [-0.39, 0.29) is 4.83 Å². The maximum absolute atomic E-state index is 13.2. The topological polar surface area (TPSA) is 9.23 Å². The number of ether oxygens (including phenoxy) is 1. The maximum Gasteiger partial charge on any atom is 0.126 e. The summed E-state index contributed by atoms with van der Waals surface area (Å²) in [5.74, 6) is -0.363. The SMILES string of the molecule is COc1cccc(CC(Br)c2cc(F)cc(F)c2)c1. The molecule has 0 N–H and O–H groups in total. The summed E-state index contributed by atoms with van der Waals surface area (Å²) < 4.78 is 31.5. The van der Waals surface area contributed by atoms with Gasteiger partial charge in [-0.25, -0.2) is 8.78 Å². The van der Waals surface area contributed by atoms with Crippen molar-refractivity contribution in [2.75, 3.05) is 7.11 Å². The van der Waals surface area contributed by atoms with E-state index < -0.39 is 11.6 Å². The fraction of sp³-hybridized carbons (Fsp3) is 0.200. The van der Waals surface area contributed by atoms with Gasteiger partial charge in [-0.1, -0.05) is 28.1 Å². The monoisotopic (exact) mass is 326 g/mol. The van der Waals surface area contributed by atoms with E-state index >= 15 is 0 Å². The summed E-state index contributed by atoms with van der Waals surface area (Å²) in [6, 6.07) is 11.1. The predicted octanol–water partition coefficient (Wildman–Crippen LogP) is 4.65. The number of alkyl halides is 1. The van der Waals surface area contributed by atoms with Crippen molar-refractivity contribution in [3.05, 3.63) is 65.2 Å². The molecule has 0 heterocycles. The Morgan fingerprint density at radius 3 is 2.42 bits per heavy atom. The highest BCUT2D eigenvalue weighted by Crippen LogP contribution is 2.29. The van der Waals surface area contributed by atoms with Crippen LogP contribution in [0, 0.1) is 11.6 Å². The Bertz CT molecular complexity index is 552. The van der Waals surface area contributed by atoms with Crippen LogP contribution in [0.25, 0.3) is 0 Å². The minimum Gasteiger partial charge on any atom is -0.497 e. The largest absolute Gasteiger partial charge is 0.497 e. The summed E-state index contributed by atoms with van der Waals surface area (Å²) in [5.41, 5.74) is 1.62. The van der Waals surface area contributed by atoms with Crippen LogP contribution in [0.2, 0.25) is 0 Å². The highest BCUT2D eigenvalue weighted by molar-refractivity contribution is 9.09. The first-order valence-corrected chi connectivity index (χ1v) is 6.73. The van der Waals surface area contributed by atoms with Gasteiger partial charge in [-0.05, 0) is 41.8 Å². The summed E-state index contributed by atoms with van der Waals surface area (Å²) in [6.45, 7) is 0. The first-order valence-electron chi connectivity index (χ1n) is 5.81. The Kier molecular flexibility index (Phi) is 4.53. The zero-order valence-corrected chi connectivity index (χ0v) is 12.0. The average Bonchev–Trinajstić information content (AvgIpc) is 2.37. The van der Waals surface area contributed by atoms with Crippen molar-refractivity contribution in [1.82, 2.24) is 0 Å². The van der Waals surface area contributed by atoms with Gasteiger partial charge in [0.15, 0.2) is 0 Å². The Morgan fingerprint density at radius 2 is 1.79 bits per heavy atom. The molecule has 0 fully saturated rings. The van der Waals surface area contributed by atoms with Gasteiger partial charge in [-0.2, -0.15) is 0 Å². The number of hydrogen-bond acceptors (Lipinski definition) is 1. The van der Waals surface area contributed by atoms with Crippen LogP contribution in [0.3, 0.4) is 0 Å². The lowest BCUT2D eigenvalue weighted by Crippen LogP contribution is -1.97. The van der Waals surface area contributed by atoms with E-state index in [1.807, 2.05) is 24.3 Å². The van der Waals surface area contributed by atoms with Gasteiger partial charge in [0, 0.05) is 10.9 Å². The van der Waals surface area contributed by atoms with Crippen molar-refractivity contribution in [1.29, 1.82) is 0 Å². The van der Waals surface area contributed by atoms with Crippen LogP contribution in [0.1, 0.15) is 16.0 Å². The number of hydrogen-bond donors (Lipinski definition) is 0. The first kappa shape index (κ1) is 14.0. The molecule has 0 aliphatic carbocycles. The minimum absolute atomic E-state index is 0.148. The molecule has 0 bridgehead atoms. The molecule has 2 aromatic rings. The maximum atomic E-state index is 13.2. The van der Waals surface area contributed by atoms with Gasteiger partial charge in [-0.15, -0.1) is 0 Å².